The summed E-state index contributed by atoms with van der Waals surface area (Å²) in [5, 5.41) is 19.3. The molecule has 0 bridgehead atoms. The Hall–Kier alpha value is -1.92. The van der Waals surface area contributed by atoms with Gasteiger partial charge in [-0.3, -0.25) is 5.10 Å². The molecule has 11 heavy (non-hydrogen) atoms. The third kappa shape index (κ3) is 1.16. The summed E-state index contributed by atoms with van der Waals surface area (Å²) in [6, 6.07) is 0. The van der Waals surface area contributed by atoms with Gasteiger partial charge in [0.15, 0.2) is 17.9 Å². The molecule has 0 amide bonds. The van der Waals surface area contributed by atoms with Crippen LogP contribution in [-0.2, 0) is 0 Å². The van der Waals surface area contributed by atoms with Crippen LogP contribution in [-0.4, -0.2) is 25.8 Å². The van der Waals surface area contributed by atoms with Crippen molar-refractivity contribution in [1.82, 2.24) is 25.8 Å². The van der Waals surface area contributed by atoms with Gasteiger partial charge in [-0.2, -0.15) is 0 Å². The van der Waals surface area contributed by atoms with Crippen molar-refractivity contribution in [2.24, 2.45) is 0 Å². The van der Waals surface area contributed by atoms with Crippen LogP contribution in [0.2, 0.25) is 0 Å². The normalized spacial score (nSPS) is 9.82. The van der Waals surface area contributed by atoms with E-state index >= 15 is 0 Å². The topological polar surface area (TPSA) is 92.5 Å². The van der Waals surface area contributed by atoms with Crippen LogP contribution >= 0.6 is 0 Å². The van der Waals surface area contributed by atoms with Crippen LogP contribution in [0.3, 0.4) is 0 Å². The Morgan fingerprint density at radius 2 is 2.36 bits per heavy atom. The van der Waals surface area contributed by atoms with Gasteiger partial charge in [-0.1, -0.05) is 10.3 Å². The number of nitrogens with zero attached hydrogens (tertiary/aromatic N) is 4. The highest BCUT2D eigenvalue weighted by molar-refractivity contribution is 5.46. The molecule has 2 aromatic heterocycles. The zero-order valence-electron chi connectivity index (χ0n) is 5.35. The average molecular weight is 152 g/mol. The van der Waals surface area contributed by atoms with E-state index in [1.54, 1.807) is 6.20 Å². The lowest BCUT2D eigenvalue weighted by molar-refractivity contribution is 0.393. The van der Waals surface area contributed by atoms with Crippen LogP contribution < -0.4 is 5.32 Å². The fraction of sp³-hybridized carbons (Fsp3) is 0. The molecule has 2 N–H and O–H groups in total. The molecule has 7 heteroatoms. The molecule has 0 aliphatic rings. The van der Waals surface area contributed by atoms with Crippen LogP contribution in [0.25, 0.3) is 0 Å². The number of nitrogens with one attached hydrogen (secondary N) is 2. The summed E-state index contributed by atoms with van der Waals surface area (Å²) in [4.78, 5) is 0. The van der Waals surface area contributed by atoms with Gasteiger partial charge in [0.05, 0.1) is 6.20 Å². The number of anilines is 2. The number of hydrogen-bond acceptors (Lipinski definition) is 6. The fourth-order valence-corrected chi connectivity index (χ4v) is 0.613. The lowest BCUT2D eigenvalue weighted by Crippen LogP contribution is -1.89. The fourth-order valence-electron chi connectivity index (χ4n) is 0.613. The molecule has 7 nitrogen and oxygen atoms in total. The van der Waals surface area contributed by atoms with Crippen molar-refractivity contribution in [3.8, 4) is 0 Å². The van der Waals surface area contributed by atoms with Crippen molar-refractivity contribution < 1.29 is 4.52 Å². The van der Waals surface area contributed by atoms with Crippen molar-refractivity contribution in [3.63, 3.8) is 0 Å². The van der Waals surface area contributed by atoms with Crippen LogP contribution in [0.1, 0.15) is 0 Å². The van der Waals surface area contributed by atoms with E-state index in [4.69, 9.17) is 0 Å². The number of hydrogen-bond donors (Lipinski definition) is 2. The molecule has 0 atom stereocenters. The number of aromatic nitrogens is 5. The summed E-state index contributed by atoms with van der Waals surface area (Å²) in [6.45, 7) is 0. The van der Waals surface area contributed by atoms with E-state index in [1.807, 2.05) is 0 Å². The Morgan fingerprint density at radius 1 is 1.36 bits per heavy atom. The van der Waals surface area contributed by atoms with Gasteiger partial charge in [0.25, 0.3) is 0 Å². The van der Waals surface area contributed by atoms with Crippen molar-refractivity contribution in [2.45, 2.75) is 0 Å². The first kappa shape index (κ1) is 5.83. The zero-order chi connectivity index (χ0) is 7.52. The minimum absolute atomic E-state index is 0.499. The van der Waals surface area contributed by atoms with Gasteiger partial charge < -0.3 is 9.84 Å². The molecule has 0 radical (unpaired) electrons. The van der Waals surface area contributed by atoms with Gasteiger partial charge >= 0.3 is 0 Å². The number of rotatable bonds is 2. The Kier molecular flexibility index (Phi) is 1.26. The molecule has 56 valence electrons. The summed E-state index contributed by atoms with van der Waals surface area (Å²) in [7, 11) is 0. The standard InChI is InChI=1S/C4H4N6O/c1-3(7-9-5-1)6-4-2-11-10-8-4/h1-2H,(H2,5,6,7,9). The maximum Gasteiger partial charge on any atom is 0.195 e. The highest BCUT2D eigenvalue weighted by atomic mass is 16.5. The van der Waals surface area contributed by atoms with Crippen molar-refractivity contribution >= 4 is 11.6 Å². The largest absolute Gasteiger partial charge is 0.343 e. The Morgan fingerprint density at radius 3 is 3.00 bits per heavy atom. The van der Waals surface area contributed by atoms with E-state index in [0.717, 1.165) is 0 Å². The van der Waals surface area contributed by atoms with Gasteiger partial charge in [-0.05, 0) is 0 Å². The van der Waals surface area contributed by atoms with Crippen molar-refractivity contribution in [2.75, 3.05) is 5.32 Å². The summed E-state index contributed by atoms with van der Waals surface area (Å²) < 4.78 is 4.48. The SMILES string of the molecule is c1[nH]nnc1Nc1conn1. The maximum absolute atomic E-state index is 4.48. The molecule has 2 heterocycles. The highest BCUT2D eigenvalue weighted by Gasteiger charge is 1.98. The van der Waals surface area contributed by atoms with Crippen LogP contribution in [0, 0.1) is 0 Å². The first-order valence-corrected chi connectivity index (χ1v) is 2.86. The number of aromatic amines is 1. The van der Waals surface area contributed by atoms with Crippen LogP contribution in [0.4, 0.5) is 11.6 Å². The maximum atomic E-state index is 4.48. The van der Waals surface area contributed by atoms with Crippen LogP contribution in [0.15, 0.2) is 17.0 Å². The summed E-state index contributed by atoms with van der Waals surface area (Å²) in [5.74, 6) is 1.07. The van der Waals surface area contributed by atoms with E-state index in [0.29, 0.717) is 11.6 Å². The van der Waals surface area contributed by atoms with Crippen molar-refractivity contribution in [3.05, 3.63) is 12.5 Å². The molecular weight excluding hydrogens is 148 g/mol. The minimum Gasteiger partial charge on any atom is -0.343 e. The third-order valence-corrected chi connectivity index (χ3v) is 1.03. The lowest BCUT2D eigenvalue weighted by atomic mass is 10.7. The van der Waals surface area contributed by atoms with E-state index < -0.39 is 0 Å². The predicted molar refractivity (Wildman–Crippen MR) is 34.0 cm³/mol. The summed E-state index contributed by atoms with van der Waals surface area (Å²) >= 11 is 0. The molecule has 0 saturated carbocycles. The molecule has 2 aromatic rings. The molecule has 0 aliphatic carbocycles. The molecule has 2 rings (SSSR count). The molecule has 0 unspecified atom stereocenters. The van der Waals surface area contributed by atoms with E-state index in [1.165, 1.54) is 6.26 Å². The van der Waals surface area contributed by atoms with Crippen molar-refractivity contribution in [1.29, 1.82) is 0 Å². The predicted octanol–water partition coefficient (Wildman–Crippen LogP) is -0.0687. The van der Waals surface area contributed by atoms with Gasteiger partial charge in [0.2, 0.25) is 0 Å². The Bertz CT molecular complexity index is 267. The monoisotopic (exact) mass is 152 g/mol. The van der Waals surface area contributed by atoms with E-state index in [9.17, 15) is 0 Å². The lowest BCUT2D eigenvalue weighted by Gasteiger charge is -1.90. The highest BCUT2D eigenvalue weighted by Crippen LogP contribution is 2.06. The first-order valence-electron chi connectivity index (χ1n) is 2.86. The second-order valence-electron chi connectivity index (χ2n) is 1.77. The van der Waals surface area contributed by atoms with Gasteiger partial charge in [0, 0.05) is 5.27 Å². The third-order valence-electron chi connectivity index (χ3n) is 1.03. The number of H-pyrrole nitrogens is 1. The second kappa shape index (κ2) is 2.37. The molecule has 0 fully saturated rings. The van der Waals surface area contributed by atoms with E-state index in [-0.39, 0.29) is 0 Å². The van der Waals surface area contributed by atoms with Gasteiger partial charge in [-0.25, -0.2) is 0 Å². The quantitative estimate of drug-likeness (QED) is 0.625. The van der Waals surface area contributed by atoms with Crippen LogP contribution in [0.5, 0.6) is 0 Å². The Labute approximate surface area is 60.8 Å². The molecule has 0 aromatic carbocycles. The summed E-state index contributed by atoms with van der Waals surface area (Å²) in [5.41, 5.74) is 0. The molecular formula is C4H4N6O. The van der Waals surface area contributed by atoms with Gasteiger partial charge in [0.1, 0.15) is 0 Å². The average Bonchev–Trinajstić information content (AvgIpc) is 2.60. The zero-order valence-corrected chi connectivity index (χ0v) is 5.35. The summed E-state index contributed by atoms with van der Waals surface area (Å²) in [6.07, 6.45) is 2.96. The molecule has 0 spiro atoms. The van der Waals surface area contributed by atoms with Gasteiger partial charge in [-0.15, -0.1) is 5.10 Å². The second-order valence-corrected chi connectivity index (χ2v) is 1.77. The minimum atomic E-state index is 0.499. The smallest absolute Gasteiger partial charge is 0.195 e. The molecule has 0 aliphatic heterocycles. The molecule has 0 saturated heterocycles. The Balaban J connectivity index is 2.14. The first-order chi connectivity index (χ1) is 5.45. The van der Waals surface area contributed by atoms with E-state index in [2.05, 4.69) is 35.6 Å².